The normalized spacial score (nSPS) is 13.1. The van der Waals surface area contributed by atoms with Crippen LogP contribution in [-0.2, 0) is 23.7 Å². The van der Waals surface area contributed by atoms with Crippen molar-refractivity contribution in [2.75, 3.05) is 26.9 Å². The fraction of sp³-hybridized carbons (Fsp3) is 1.00. The summed E-state index contributed by atoms with van der Waals surface area (Å²) < 4.78 is 25.7. The zero-order valence-corrected chi connectivity index (χ0v) is 10.2. The molecule has 0 spiro atoms. The van der Waals surface area contributed by atoms with Gasteiger partial charge < -0.3 is 41.9 Å². The average Bonchev–Trinajstić information content (AvgIpc) is 2.17. The first-order valence-electron chi connectivity index (χ1n) is 5.01. The van der Waals surface area contributed by atoms with Crippen LogP contribution in [0.1, 0.15) is 13.8 Å². The first kappa shape index (κ1) is 16.6. The van der Waals surface area contributed by atoms with E-state index in [0.717, 1.165) is 0 Å². The molecule has 0 rings (SSSR count). The van der Waals surface area contributed by atoms with E-state index in [4.69, 9.17) is 46.6 Å². The maximum Gasteiger partial charge on any atom is 0.286 e. The predicted molar refractivity (Wildman–Crippen MR) is 58.5 cm³/mol. The molecule has 0 bridgehead atoms. The van der Waals surface area contributed by atoms with Crippen molar-refractivity contribution >= 4 is 0 Å². The van der Waals surface area contributed by atoms with Crippen LogP contribution in [0, 0.1) is 0 Å². The van der Waals surface area contributed by atoms with Gasteiger partial charge in [0.15, 0.2) is 0 Å². The smallest absolute Gasteiger partial charge is 0.286 e. The van der Waals surface area contributed by atoms with Gasteiger partial charge in [-0.05, 0) is 0 Å². The van der Waals surface area contributed by atoms with E-state index >= 15 is 0 Å². The molecule has 0 amide bonds. The highest BCUT2D eigenvalue weighted by Crippen LogP contribution is 2.24. The van der Waals surface area contributed by atoms with Gasteiger partial charge in [-0.25, -0.2) is 0 Å². The molecule has 104 valence electrons. The van der Waals surface area contributed by atoms with Crippen molar-refractivity contribution in [2.45, 2.75) is 25.8 Å². The number of hydrogen-bond acceptors (Lipinski definition) is 9. The van der Waals surface area contributed by atoms with E-state index in [1.165, 1.54) is 13.8 Å². The van der Waals surface area contributed by atoms with E-state index < -0.39 is 11.9 Å². The van der Waals surface area contributed by atoms with Gasteiger partial charge in [0.1, 0.15) is 0 Å². The molecule has 9 heteroatoms. The van der Waals surface area contributed by atoms with Crippen molar-refractivity contribution in [2.24, 2.45) is 22.9 Å². The summed E-state index contributed by atoms with van der Waals surface area (Å²) >= 11 is 0. The molecule has 0 aromatic carbocycles. The number of rotatable bonds is 10. The summed E-state index contributed by atoms with van der Waals surface area (Å²) in [6.45, 7) is 2.36. The van der Waals surface area contributed by atoms with Crippen LogP contribution in [0.4, 0.5) is 0 Å². The monoisotopic (exact) mass is 254 g/mol. The van der Waals surface area contributed by atoms with Crippen LogP contribution in [0.2, 0.25) is 0 Å². The molecular formula is C8H22N4O5. The molecule has 0 fully saturated rings. The highest BCUT2D eigenvalue weighted by molar-refractivity contribution is 4.55. The van der Waals surface area contributed by atoms with Gasteiger partial charge in [0, 0.05) is 13.8 Å². The lowest BCUT2D eigenvalue weighted by Crippen LogP contribution is -2.50. The van der Waals surface area contributed by atoms with Gasteiger partial charge in [-0.2, -0.15) is 0 Å². The third-order valence-electron chi connectivity index (χ3n) is 1.75. The van der Waals surface area contributed by atoms with Gasteiger partial charge in [0.05, 0.1) is 26.9 Å². The summed E-state index contributed by atoms with van der Waals surface area (Å²) in [5, 5.41) is 0. The molecule has 0 aromatic rings. The lowest BCUT2D eigenvalue weighted by molar-refractivity contribution is -0.491. The van der Waals surface area contributed by atoms with Gasteiger partial charge in [-0.15, -0.1) is 0 Å². The Kier molecular flexibility index (Phi) is 7.70. The summed E-state index contributed by atoms with van der Waals surface area (Å²) in [6.07, 6.45) is 0. The summed E-state index contributed by atoms with van der Waals surface area (Å²) in [4.78, 5) is 0. The van der Waals surface area contributed by atoms with E-state index in [2.05, 4.69) is 0 Å². The van der Waals surface area contributed by atoms with Crippen molar-refractivity contribution in [3.63, 3.8) is 0 Å². The Bertz CT molecular complexity index is 174. The van der Waals surface area contributed by atoms with Crippen LogP contribution in [0.15, 0.2) is 0 Å². The largest absolute Gasteiger partial charge is 0.312 e. The predicted octanol–water partition coefficient (Wildman–Crippen LogP) is -1.92. The molecule has 0 aliphatic heterocycles. The molecule has 0 heterocycles. The molecule has 0 saturated carbocycles. The van der Waals surface area contributed by atoms with Crippen LogP contribution < -0.4 is 22.9 Å². The quantitative estimate of drug-likeness (QED) is 0.327. The number of ether oxygens (including phenoxy) is 5. The molecule has 17 heavy (non-hydrogen) atoms. The SMILES string of the molecule is CC(OCN)(OCN)OC(C)(OCN)OCN. The summed E-state index contributed by atoms with van der Waals surface area (Å²) in [5.74, 6) is -3.05. The summed E-state index contributed by atoms with van der Waals surface area (Å²) in [5.41, 5.74) is 21.0. The minimum absolute atomic E-state index is 0.141. The Morgan fingerprint density at radius 1 is 0.647 bits per heavy atom. The highest BCUT2D eigenvalue weighted by atomic mass is 17.0. The third kappa shape index (κ3) is 6.21. The van der Waals surface area contributed by atoms with Gasteiger partial charge >= 0.3 is 0 Å². The van der Waals surface area contributed by atoms with E-state index in [1.54, 1.807) is 0 Å². The van der Waals surface area contributed by atoms with Crippen molar-refractivity contribution in [1.82, 2.24) is 0 Å². The number of hydrogen-bond donors (Lipinski definition) is 4. The van der Waals surface area contributed by atoms with Gasteiger partial charge in [-0.3, -0.25) is 4.74 Å². The van der Waals surface area contributed by atoms with E-state index in [0.29, 0.717) is 0 Å². The first-order valence-corrected chi connectivity index (χ1v) is 5.01. The molecule has 9 nitrogen and oxygen atoms in total. The Labute approximate surface area is 100 Å². The minimum Gasteiger partial charge on any atom is -0.312 e. The van der Waals surface area contributed by atoms with Gasteiger partial charge in [-0.1, -0.05) is 0 Å². The molecule has 0 unspecified atom stereocenters. The van der Waals surface area contributed by atoms with Gasteiger partial charge in [0.25, 0.3) is 11.9 Å². The Morgan fingerprint density at radius 3 is 1.06 bits per heavy atom. The molecule has 0 atom stereocenters. The molecule has 8 N–H and O–H groups in total. The number of nitrogens with two attached hydrogens (primary N) is 4. The molecule has 0 aliphatic carbocycles. The first-order chi connectivity index (χ1) is 7.95. The maximum atomic E-state index is 5.38. The Morgan fingerprint density at radius 2 is 0.882 bits per heavy atom. The average molecular weight is 254 g/mol. The summed E-state index contributed by atoms with van der Waals surface area (Å²) in [7, 11) is 0. The Balaban J connectivity index is 4.65. The standard InChI is InChI=1S/C8H22N4O5/c1-7(13-3-9,14-4-10)17-8(2,15-5-11)16-6-12/h3-6,9-12H2,1-2H3. The Hall–Kier alpha value is -0.360. The zero-order valence-electron chi connectivity index (χ0n) is 10.2. The van der Waals surface area contributed by atoms with Crippen molar-refractivity contribution < 1.29 is 23.7 Å². The molecule has 0 aromatic heterocycles. The van der Waals surface area contributed by atoms with E-state index in [1.807, 2.05) is 0 Å². The van der Waals surface area contributed by atoms with Crippen LogP contribution in [0.5, 0.6) is 0 Å². The van der Waals surface area contributed by atoms with Gasteiger partial charge in [0.2, 0.25) is 0 Å². The van der Waals surface area contributed by atoms with Crippen molar-refractivity contribution in [1.29, 1.82) is 0 Å². The zero-order chi connectivity index (χ0) is 13.4. The summed E-state index contributed by atoms with van der Waals surface area (Å²) in [6, 6.07) is 0. The van der Waals surface area contributed by atoms with Crippen molar-refractivity contribution in [3.05, 3.63) is 0 Å². The molecule has 0 radical (unpaired) electrons. The van der Waals surface area contributed by atoms with Crippen LogP contribution >= 0.6 is 0 Å². The van der Waals surface area contributed by atoms with Crippen molar-refractivity contribution in [3.8, 4) is 0 Å². The molecule has 0 aliphatic rings. The lowest BCUT2D eigenvalue weighted by atomic mass is 10.5. The fourth-order valence-electron chi connectivity index (χ4n) is 1.14. The van der Waals surface area contributed by atoms with E-state index in [9.17, 15) is 0 Å². The third-order valence-corrected chi connectivity index (χ3v) is 1.75. The minimum atomic E-state index is -1.53. The van der Waals surface area contributed by atoms with E-state index in [-0.39, 0.29) is 26.9 Å². The van der Waals surface area contributed by atoms with Crippen LogP contribution in [0.3, 0.4) is 0 Å². The second-order valence-corrected chi connectivity index (χ2v) is 3.07. The van der Waals surface area contributed by atoms with Crippen LogP contribution in [0.25, 0.3) is 0 Å². The highest BCUT2D eigenvalue weighted by Gasteiger charge is 2.39. The van der Waals surface area contributed by atoms with Crippen LogP contribution in [-0.4, -0.2) is 38.9 Å². The second kappa shape index (κ2) is 7.87. The topological polar surface area (TPSA) is 150 Å². The molecular weight excluding hydrogens is 232 g/mol. The second-order valence-electron chi connectivity index (χ2n) is 3.07. The maximum absolute atomic E-state index is 5.38. The lowest BCUT2D eigenvalue weighted by Gasteiger charge is -2.37. The fourth-order valence-corrected chi connectivity index (χ4v) is 1.14. The molecule has 0 saturated heterocycles.